The third kappa shape index (κ3) is 3.92. The molecule has 0 spiro atoms. The number of fused-ring (bicyclic) bond motifs is 1. The van der Waals surface area contributed by atoms with Crippen molar-refractivity contribution in [3.8, 4) is 0 Å². The van der Waals surface area contributed by atoms with Gasteiger partial charge in [0.05, 0.1) is 6.04 Å². The summed E-state index contributed by atoms with van der Waals surface area (Å²) < 4.78 is 2.01. The maximum Gasteiger partial charge on any atom is 0.241 e. The summed E-state index contributed by atoms with van der Waals surface area (Å²) in [7, 11) is 0. The monoisotopic (exact) mass is 505 g/mol. The van der Waals surface area contributed by atoms with Gasteiger partial charge >= 0.3 is 0 Å². The van der Waals surface area contributed by atoms with Crippen LogP contribution in [0.15, 0.2) is 51.4 Å². The fraction of sp³-hybridized carbons (Fsp3) is 0.409. The zero-order valence-electron chi connectivity index (χ0n) is 16.0. The molecule has 1 aliphatic carbocycles. The van der Waals surface area contributed by atoms with Crippen molar-refractivity contribution >= 4 is 37.8 Å². The summed E-state index contributed by atoms with van der Waals surface area (Å²) in [4.78, 5) is 16.1. The average molecular weight is 507 g/mol. The van der Waals surface area contributed by atoms with Gasteiger partial charge in [-0.2, -0.15) is 0 Å². The third-order valence-corrected chi connectivity index (χ3v) is 6.88. The number of hydrogen-bond acceptors (Lipinski definition) is 3. The van der Waals surface area contributed by atoms with Crippen molar-refractivity contribution in [3.63, 3.8) is 0 Å². The van der Waals surface area contributed by atoms with Crippen LogP contribution in [0.4, 0.5) is 0 Å². The van der Waals surface area contributed by atoms with Gasteiger partial charge in [0, 0.05) is 48.0 Å². The molecular weight excluding hydrogens is 482 g/mol. The van der Waals surface area contributed by atoms with Gasteiger partial charge < -0.3 is 10.6 Å². The van der Waals surface area contributed by atoms with Gasteiger partial charge in [-0.25, -0.2) is 0 Å². The minimum atomic E-state index is -0.497. The van der Waals surface area contributed by atoms with Crippen molar-refractivity contribution in [2.24, 2.45) is 0 Å². The first-order valence-electron chi connectivity index (χ1n) is 9.77. The number of nitrogens with zero attached hydrogens (tertiary/aromatic N) is 1. The minimum absolute atomic E-state index is 0.0650. The van der Waals surface area contributed by atoms with Gasteiger partial charge in [0.25, 0.3) is 0 Å². The normalized spacial score (nSPS) is 19.8. The fourth-order valence-electron chi connectivity index (χ4n) is 4.46. The molecule has 2 N–H and O–H groups in total. The van der Waals surface area contributed by atoms with Crippen molar-refractivity contribution in [2.45, 2.75) is 31.3 Å². The number of amides is 1. The van der Waals surface area contributed by atoms with Gasteiger partial charge in [-0.1, -0.05) is 56.1 Å². The average Bonchev–Trinajstić information content (AvgIpc) is 3.09. The van der Waals surface area contributed by atoms with E-state index in [2.05, 4.69) is 90.7 Å². The molecule has 1 amide bonds. The van der Waals surface area contributed by atoms with Crippen molar-refractivity contribution in [1.82, 2.24) is 15.5 Å². The number of halogens is 2. The molecule has 4 rings (SSSR count). The molecule has 2 aliphatic rings. The van der Waals surface area contributed by atoms with E-state index in [4.69, 9.17) is 0 Å². The van der Waals surface area contributed by atoms with Gasteiger partial charge in [0.1, 0.15) is 5.54 Å². The molecule has 148 valence electrons. The molecule has 2 aromatic carbocycles. The molecule has 1 fully saturated rings. The van der Waals surface area contributed by atoms with Crippen LogP contribution >= 0.6 is 31.9 Å². The summed E-state index contributed by atoms with van der Waals surface area (Å²) >= 11 is 7.10. The van der Waals surface area contributed by atoms with Crippen molar-refractivity contribution in [1.29, 1.82) is 0 Å². The Balaban J connectivity index is 1.61. The molecule has 2 aromatic rings. The molecule has 0 saturated carbocycles. The van der Waals surface area contributed by atoms with Crippen LogP contribution in [0.3, 0.4) is 0 Å². The Bertz CT molecular complexity index is 835. The van der Waals surface area contributed by atoms with Crippen LogP contribution in [-0.4, -0.2) is 42.5 Å². The number of carbonyl (C=O) groups excluding carboxylic acids is 1. The van der Waals surface area contributed by atoms with Crippen LogP contribution in [0.25, 0.3) is 0 Å². The van der Waals surface area contributed by atoms with Crippen molar-refractivity contribution in [2.75, 3.05) is 26.2 Å². The van der Waals surface area contributed by atoms with E-state index in [1.807, 2.05) is 6.07 Å². The van der Waals surface area contributed by atoms with Crippen LogP contribution in [-0.2, 0) is 17.6 Å². The van der Waals surface area contributed by atoms with E-state index in [-0.39, 0.29) is 11.9 Å². The Morgan fingerprint density at radius 2 is 1.64 bits per heavy atom. The molecule has 28 heavy (non-hydrogen) atoms. The molecule has 1 atom stereocenters. The zero-order valence-corrected chi connectivity index (χ0v) is 19.1. The predicted octanol–water partition coefficient (Wildman–Crippen LogP) is 3.83. The SMILES string of the molecule is C[C@H](NC(=O)C1(N2CCNCC2)Cc2ccccc2C1)c1cc(Br)cc(Br)c1. The number of piperazine rings is 1. The van der Waals surface area contributed by atoms with E-state index in [0.717, 1.165) is 53.5 Å². The minimum Gasteiger partial charge on any atom is -0.348 e. The highest BCUT2D eigenvalue weighted by atomic mass is 79.9. The lowest BCUT2D eigenvalue weighted by Gasteiger charge is -2.42. The predicted molar refractivity (Wildman–Crippen MR) is 119 cm³/mol. The second-order valence-electron chi connectivity index (χ2n) is 7.79. The smallest absolute Gasteiger partial charge is 0.241 e. The van der Waals surface area contributed by atoms with E-state index in [0.29, 0.717) is 0 Å². The van der Waals surface area contributed by atoms with E-state index < -0.39 is 5.54 Å². The Hall–Kier alpha value is -1.21. The summed E-state index contributed by atoms with van der Waals surface area (Å²) in [6, 6.07) is 14.6. The first-order valence-corrected chi connectivity index (χ1v) is 11.4. The van der Waals surface area contributed by atoms with Crippen LogP contribution in [0.2, 0.25) is 0 Å². The highest BCUT2D eigenvalue weighted by molar-refractivity contribution is 9.11. The quantitative estimate of drug-likeness (QED) is 0.662. The Kier molecular flexibility index (Phi) is 5.93. The fourth-order valence-corrected chi connectivity index (χ4v) is 5.78. The highest BCUT2D eigenvalue weighted by Gasteiger charge is 2.48. The molecule has 0 aromatic heterocycles. The Labute approximate surface area is 183 Å². The summed E-state index contributed by atoms with van der Waals surface area (Å²) in [6.45, 7) is 5.72. The summed E-state index contributed by atoms with van der Waals surface area (Å²) in [5.74, 6) is 0.134. The molecule has 0 radical (unpaired) electrons. The van der Waals surface area contributed by atoms with Gasteiger partial charge in [-0.15, -0.1) is 0 Å². The molecule has 0 bridgehead atoms. The first kappa shape index (κ1) is 20.1. The van der Waals surface area contributed by atoms with E-state index in [1.165, 1.54) is 11.1 Å². The lowest BCUT2D eigenvalue weighted by atomic mass is 9.90. The lowest BCUT2D eigenvalue weighted by molar-refractivity contribution is -0.134. The summed E-state index contributed by atoms with van der Waals surface area (Å²) in [6.07, 6.45) is 1.56. The molecular formula is C22H25Br2N3O. The molecule has 6 heteroatoms. The molecule has 4 nitrogen and oxygen atoms in total. The standard InChI is InChI=1S/C22H25Br2N3O/c1-15(18-10-19(23)12-20(24)11-18)26-21(28)22(27-8-6-25-7-9-27)13-16-4-2-3-5-17(16)14-22/h2-5,10-12,15,25H,6-9,13-14H2,1H3,(H,26,28)/t15-/m0/s1. The van der Waals surface area contributed by atoms with E-state index in [9.17, 15) is 4.79 Å². The topological polar surface area (TPSA) is 44.4 Å². The van der Waals surface area contributed by atoms with Crippen molar-refractivity contribution < 1.29 is 4.79 Å². The largest absolute Gasteiger partial charge is 0.348 e. The molecule has 1 aliphatic heterocycles. The van der Waals surface area contributed by atoms with Gasteiger partial charge in [0.2, 0.25) is 5.91 Å². The Morgan fingerprint density at radius 1 is 1.07 bits per heavy atom. The van der Waals surface area contributed by atoms with Crippen LogP contribution in [0.1, 0.15) is 29.7 Å². The van der Waals surface area contributed by atoms with Gasteiger partial charge in [0.15, 0.2) is 0 Å². The second kappa shape index (κ2) is 8.27. The van der Waals surface area contributed by atoms with Crippen molar-refractivity contribution in [3.05, 3.63) is 68.1 Å². The third-order valence-electron chi connectivity index (χ3n) is 5.96. The number of hydrogen-bond donors (Lipinski definition) is 2. The van der Waals surface area contributed by atoms with E-state index in [1.54, 1.807) is 0 Å². The number of nitrogens with one attached hydrogen (secondary N) is 2. The maximum absolute atomic E-state index is 13.7. The molecule has 1 saturated heterocycles. The number of benzene rings is 2. The molecule has 1 heterocycles. The second-order valence-corrected chi connectivity index (χ2v) is 9.62. The lowest BCUT2D eigenvalue weighted by Crippen LogP contribution is -2.64. The highest BCUT2D eigenvalue weighted by Crippen LogP contribution is 2.36. The van der Waals surface area contributed by atoms with Crippen LogP contribution in [0, 0.1) is 0 Å². The van der Waals surface area contributed by atoms with Gasteiger partial charge in [-0.05, 0) is 41.8 Å². The molecule has 0 unspecified atom stereocenters. The maximum atomic E-state index is 13.7. The Morgan fingerprint density at radius 3 is 2.21 bits per heavy atom. The van der Waals surface area contributed by atoms with E-state index >= 15 is 0 Å². The number of carbonyl (C=O) groups is 1. The van der Waals surface area contributed by atoms with Crippen LogP contribution < -0.4 is 10.6 Å². The van der Waals surface area contributed by atoms with Crippen LogP contribution in [0.5, 0.6) is 0 Å². The number of rotatable bonds is 4. The zero-order chi connectivity index (χ0) is 19.7. The summed E-state index contributed by atoms with van der Waals surface area (Å²) in [5, 5.41) is 6.73. The summed E-state index contributed by atoms with van der Waals surface area (Å²) in [5.41, 5.74) is 3.19. The van der Waals surface area contributed by atoms with Gasteiger partial charge in [-0.3, -0.25) is 9.69 Å². The first-order chi connectivity index (χ1) is 13.5.